The highest BCUT2D eigenvalue weighted by Gasteiger charge is 2.28. The normalized spacial score (nSPS) is 27.1. The maximum absolute atomic E-state index is 12.2. The molecular formula is C14H17BrO3S. The average Bonchev–Trinajstić information content (AvgIpc) is 2.30. The van der Waals surface area contributed by atoms with Gasteiger partial charge < -0.3 is 9.47 Å². The molecule has 0 bridgehead atoms. The van der Waals surface area contributed by atoms with Gasteiger partial charge in [0, 0.05) is 22.2 Å². The lowest BCUT2D eigenvalue weighted by atomic mass is 10.0. The molecule has 0 aliphatic carbocycles. The summed E-state index contributed by atoms with van der Waals surface area (Å²) >= 11 is 7.60. The van der Waals surface area contributed by atoms with E-state index in [1.807, 2.05) is 19.9 Å². The number of benzene rings is 1. The van der Waals surface area contributed by atoms with E-state index in [4.69, 9.17) is 9.47 Å². The minimum atomic E-state index is -0.311. The topological polar surface area (TPSA) is 35.5 Å². The molecule has 0 spiro atoms. The maximum atomic E-state index is 12.2. The number of halogens is 1. The van der Waals surface area contributed by atoms with E-state index in [-0.39, 0.29) is 24.3 Å². The summed E-state index contributed by atoms with van der Waals surface area (Å²) in [6.07, 6.45) is 1.66. The summed E-state index contributed by atoms with van der Waals surface area (Å²) in [4.78, 5) is 12.9. The lowest BCUT2D eigenvalue weighted by molar-refractivity contribution is -0.0855. The van der Waals surface area contributed by atoms with Crippen molar-refractivity contribution < 1.29 is 14.3 Å². The fourth-order valence-corrected chi connectivity index (χ4v) is 2.94. The van der Waals surface area contributed by atoms with Gasteiger partial charge in [-0.3, -0.25) is 0 Å². The van der Waals surface area contributed by atoms with Crippen molar-refractivity contribution in [3.05, 3.63) is 28.2 Å². The zero-order chi connectivity index (χ0) is 14.0. The fraction of sp³-hybridized carbons (Fsp3) is 0.500. The summed E-state index contributed by atoms with van der Waals surface area (Å²) in [6.45, 7) is 4.00. The molecule has 0 saturated carbocycles. The Balaban J connectivity index is 2.06. The second kappa shape index (κ2) is 6.29. The lowest BCUT2D eigenvalue weighted by Gasteiger charge is -2.31. The molecule has 1 heterocycles. The third kappa shape index (κ3) is 3.97. The first-order chi connectivity index (χ1) is 8.95. The Labute approximate surface area is 127 Å². The molecule has 1 aliphatic rings. The molecule has 1 aromatic carbocycles. The van der Waals surface area contributed by atoms with Crippen LogP contribution >= 0.6 is 28.6 Å². The number of esters is 1. The largest absolute Gasteiger partial charge is 0.459 e. The molecule has 1 aliphatic heterocycles. The predicted molar refractivity (Wildman–Crippen MR) is 79.8 cm³/mol. The van der Waals surface area contributed by atoms with Gasteiger partial charge in [0.05, 0.1) is 17.8 Å². The second-order valence-electron chi connectivity index (χ2n) is 4.92. The van der Waals surface area contributed by atoms with Crippen molar-refractivity contribution in [3.63, 3.8) is 0 Å². The van der Waals surface area contributed by atoms with Crippen LogP contribution in [-0.2, 0) is 9.47 Å². The molecule has 1 fully saturated rings. The van der Waals surface area contributed by atoms with Crippen molar-refractivity contribution in [1.82, 2.24) is 0 Å². The van der Waals surface area contributed by atoms with Crippen LogP contribution in [0.25, 0.3) is 0 Å². The van der Waals surface area contributed by atoms with Gasteiger partial charge in [0.15, 0.2) is 0 Å². The number of thiol groups is 1. The second-order valence-corrected chi connectivity index (χ2v) is 6.29. The van der Waals surface area contributed by atoms with Gasteiger partial charge in [-0.2, -0.15) is 0 Å². The quantitative estimate of drug-likeness (QED) is 0.653. The molecule has 2 atom stereocenters. The number of carbonyl (C=O) groups is 1. The highest BCUT2D eigenvalue weighted by Crippen LogP contribution is 2.25. The highest BCUT2D eigenvalue weighted by molar-refractivity contribution is 9.10. The van der Waals surface area contributed by atoms with E-state index < -0.39 is 0 Å². The first-order valence-corrected chi connectivity index (χ1v) is 7.54. The molecule has 0 amide bonds. The molecule has 5 heteroatoms. The summed E-state index contributed by atoms with van der Waals surface area (Å²) in [5, 5.41) is 0. The van der Waals surface area contributed by atoms with E-state index in [0.717, 1.165) is 22.2 Å². The van der Waals surface area contributed by atoms with Gasteiger partial charge in [-0.25, -0.2) is 4.79 Å². The Kier molecular flexibility index (Phi) is 4.92. The van der Waals surface area contributed by atoms with Crippen molar-refractivity contribution >= 4 is 34.5 Å². The van der Waals surface area contributed by atoms with Gasteiger partial charge in [-0.1, -0.05) is 0 Å². The Morgan fingerprint density at radius 3 is 2.63 bits per heavy atom. The van der Waals surface area contributed by atoms with Gasteiger partial charge in [0.25, 0.3) is 0 Å². The Morgan fingerprint density at radius 2 is 2.00 bits per heavy atom. The molecule has 0 radical (unpaired) electrons. The first kappa shape index (κ1) is 14.9. The van der Waals surface area contributed by atoms with Gasteiger partial charge in [0.1, 0.15) is 6.10 Å². The predicted octanol–water partition coefficient (Wildman–Crippen LogP) is 3.85. The lowest BCUT2D eigenvalue weighted by Crippen LogP contribution is -2.35. The molecule has 1 saturated heterocycles. The average molecular weight is 345 g/mol. The number of ether oxygens (including phenoxy) is 2. The zero-order valence-corrected chi connectivity index (χ0v) is 13.4. The Morgan fingerprint density at radius 1 is 1.37 bits per heavy atom. The molecule has 3 nitrogen and oxygen atoms in total. The number of hydrogen-bond donors (Lipinski definition) is 1. The third-order valence-electron chi connectivity index (χ3n) is 3.10. The third-order valence-corrected chi connectivity index (χ3v) is 4.07. The Hall–Kier alpha value is -0.520. The molecule has 2 unspecified atom stereocenters. The minimum Gasteiger partial charge on any atom is -0.459 e. The smallest absolute Gasteiger partial charge is 0.339 e. The van der Waals surface area contributed by atoms with E-state index >= 15 is 0 Å². The summed E-state index contributed by atoms with van der Waals surface area (Å²) < 4.78 is 11.9. The van der Waals surface area contributed by atoms with Gasteiger partial charge in [-0.15, -0.1) is 12.6 Å². The highest BCUT2D eigenvalue weighted by atomic mass is 79.9. The van der Waals surface area contributed by atoms with Crippen molar-refractivity contribution in [2.75, 3.05) is 0 Å². The van der Waals surface area contributed by atoms with Crippen LogP contribution in [0, 0.1) is 0 Å². The molecule has 0 aromatic heterocycles. The number of rotatable bonds is 2. The standard InChI is InChI=1S/C14H17BrO3S/c1-8-5-10(6-9(2)17-8)18-14(16)12-7-11(19)3-4-13(12)15/h3-4,7-10,19H,5-6H2,1-2H3. The van der Waals surface area contributed by atoms with Crippen LogP contribution in [0.2, 0.25) is 0 Å². The zero-order valence-electron chi connectivity index (χ0n) is 10.9. The van der Waals surface area contributed by atoms with Crippen molar-refractivity contribution in [3.8, 4) is 0 Å². The first-order valence-electron chi connectivity index (χ1n) is 6.30. The molecule has 19 heavy (non-hydrogen) atoms. The van der Waals surface area contributed by atoms with Crippen molar-refractivity contribution in [2.24, 2.45) is 0 Å². The summed E-state index contributed by atoms with van der Waals surface area (Å²) in [7, 11) is 0. The number of hydrogen-bond acceptors (Lipinski definition) is 4. The van der Waals surface area contributed by atoms with E-state index in [1.54, 1.807) is 12.1 Å². The van der Waals surface area contributed by atoms with Crippen LogP contribution in [0.5, 0.6) is 0 Å². The van der Waals surface area contributed by atoms with Crippen LogP contribution in [0.15, 0.2) is 27.6 Å². The van der Waals surface area contributed by atoms with Crippen LogP contribution in [0.4, 0.5) is 0 Å². The van der Waals surface area contributed by atoms with Gasteiger partial charge in [-0.05, 0) is 48.0 Å². The van der Waals surface area contributed by atoms with Gasteiger partial charge in [0.2, 0.25) is 0 Å². The van der Waals surface area contributed by atoms with E-state index in [1.165, 1.54) is 0 Å². The Bertz CT molecular complexity index is 468. The van der Waals surface area contributed by atoms with Crippen LogP contribution in [0.3, 0.4) is 0 Å². The molecule has 0 N–H and O–H groups in total. The summed E-state index contributed by atoms with van der Waals surface area (Å²) in [5.74, 6) is -0.311. The molecule has 2 rings (SSSR count). The van der Waals surface area contributed by atoms with E-state index in [0.29, 0.717) is 5.56 Å². The minimum absolute atomic E-state index is 0.0817. The van der Waals surface area contributed by atoms with Gasteiger partial charge >= 0.3 is 5.97 Å². The van der Waals surface area contributed by atoms with Crippen LogP contribution in [0.1, 0.15) is 37.0 Å². The molecule has 104 valence electrons. The maximum Gasteiger partial charge on any atom is 0.339 e. The van der Waals surface area contributed by atoms with E-state index in [9.17, 15) is 4.79 Å². The molecule has 1 aromatic rings. The van der Waals surface area contributed by atoms with E-state index in [2.05, 4.69) is 28.6 Å². The summed E-state index contributed by atoms with van der Waals surface area (Å²) in [5.41, 5.74) is 0.513. The monoisotopic (exact) mass is 344 g/mol. The van der Waals surface area contributed by atoms with Crippen molar-refractivity contribution in [2.45, 2.75) is 49.9 Å². The molecular weight excluding hydrogens is 328 g/mol. The van der Waals surface area contributed by atoms with Crippen molar-refractivity contribution in [1.29, 1.82) is 0 Å². The summed E-state index contributed by atoms with van der Waals surface area (Å²) in [6, 6.07) is 5.33. The van der Waals surface area contributed by atoms with Crippen LogP contribution in [-0.4, -0.2) is 24.3 Å². The van der Waals surface area contributed by atoms with Crippen LogP contribution < -0.4 is 0 Å². The number of carbonyl (C=O) groups excluding carboxylic acids is 1. The fourth-order valence-electron chi connectivity index (χ4n) is 2.33. The SMILES string of the molecule is CC1CC(OC(=O)c2cc(S)ccc2Br)CC(C)O1.